The largest absolute Gasteiger partial charge is 0.465 e. The van der Waals surface area contributed by atoms with Gasteiger partial charge >= 0.3 is 6.09 Å². The molecule has 2 aliphatic rings. The number of likely N-dealkylation sites (tertiary alicyclic amines) is 1. The minimum atomic E-state index is -0.739. The molecular weight excluding hydrogens is 214 g/mol. The molecule has 2 bridgehead atoms. The third kappa shape index (κ3) is 2.22. The maximum absolute atomic E-state index is 11.0. The summed E-state index contributed by atoms with van der Waals surface area (Å²) < 4.78 is 0. The molecule has 15 heavy (non-hydrogen) atoms. The molecule has 2 unspecified atom stereocenters. The van der Waals surface area contributed by atoms with E-state index < -0.39 is 6.09 Å². The monoisotopic (exact) mass is 233 g/mol. The lowest BCUT2D eigenvalue weighted by atomic mass is 9.65. The predicted molar refractivity (Wildman–Crippen MR) is 61.5 cm³/mol. The van der Waals surface area contributed by atoms with Crippen LogP contribution in [0, 0.1) is 10.8 Å². The van der Waals surface area contributed by atoms with Crippen molar-refractivity contribution in [3.05, 3.63) is 0 Å². The summed E-state index contributed by atoms with van der Waals surface area (Å²) in [4.78, 5) is 12.7. The van der Waals surface area contributed by atoms with Gasteiger partial charge in [0.2, 0.25) is 0 Å². The Morgan fingerprint density at radius 2 is 1.93 bits per heavy atom. The summed E-state index contributed by atoms with van der Waals surface area (Å²) in [5, 5.41) is 9.07. The molecule has 0 radical (unpaired) electrons. The maximum atomic E-state index is 11.0. The van der Waals surface area contributed by atoms with Crippen molar-refractivity contribution in [2.45, 2.75) is 46.1 Å². The summed E-state index contributed by atoms with van der Waals surface area (Å²) in [6.07, 6.45) is 2.49. The van der Waals surface area contributed by atoms with Gasteiger partial charge in [0.15, 0.2) is 0 Å². The van der Waals surface area contributed by atoms with E-state index in [-0.39, 0.29) is 23.9 Å². The Morgan fingerprint density at radius 3 is 2.47 bits per heavy atom. The Morgan fingerprint density at radius 1 is 1.33 bits per heavy atom. The second kappa shape index (κ2) is 3.55. The van der Waals surface area contributed by atoms with Crippen LogP contribution in [0.3, 0.4) is 0 Å². The first-order valence-electron chi connectivity index (χ1n) is 5.31. The molecule has 1 N–H and O–H groups in total. The molecule has 88 valence electrons. The predicted octanol–water partition coefficient (Wildman–Crippen LogP) is 2.99. The van der Waals surface area contributed by atoms with Gasteiger partial charge in [0.05, 0.1) is 0 Å². The van der Waals surface area contributed by atoms with Crippen LogP contribution in [0.1, 0.15) is 40.0 Å². The molecule has 1 aliphatic heterocycles. The van der Waals surface area contributed by atoms with Crippen molar-refractivity contribution >= 4 is 18.5 Å². The van der Waals surface area contributed by atoms with E-state index in [0.29, 0.717) is 5.41 Å². The zero-order valence-corrected chi connectivity index (χ0v) is 10.4. The van der Waals surface area contributed by atoms with Crippen LogP contribution < -0.4 is 0 Å². The van der Waals surface area contributed by atoms with E-state index in [2.05, 4.69) is 20.8 Å². The number of carbonyl (C=O) groups is 1. The topological polar surface area (TPSA) is 40.5 Å². The normalized spacial score (nSPS) is 37.3. The van der Waals surface area contributed by atoms with E-state index in [9.17, 15) is 4.79 Å². The van der Waals surface area contributed by atoms with Gasteiger partial charge in [0.1, 0.15) is 0 Å². The Hall–Kier alpha value is -0.440. The number of hydrogen-bond donors (Lipinski definition) is 1. The number of nitrogens with zero attached hydrogens (tertiary/aromatic N) is 1. The number of hydrogen-bond acceptors (Lipinski definition) is 1. The van der Waals surface area contributed by atoms with Crippen LogP contribution in [0.15, 0.2) is 0 Å². The van der Waals surface area contributed by atoms with Crippen LogP contribution in [0.4, 0.5) is 4.79 Å². The van der Waals surface area contributed by atoms with Gasteiger partial charge in [-0.05, 0) is 30.1 Å². The fraction of sp³-hybridized carbons (Fsp3) is 0.909. The molecule has 1 aliphatic carbocycles. The summed E-state index contributed by atoms with van der Waals surface area (Å²) in [6, 6.07) is 0.265. The first-order valence-corrected chi connectivity index (χ1v) is 5.31. The number of halogens is 1. The van der Waals surface area contributed by atoms with Gasteiger partial charge in [0, 0.05) is 12.6 Å². The highest BCUT2D eigenvalue weighted by Crippen LogP contribution is 2.52. The highest BCUT2D eigenvalue weighted by molar-refractivity contribution is 5.85. The quantitative estimate of drug-likeness (QED) is 0.699. The van der Waals surface area contributed by atoms with Crippen molar-refractivity contribution in [1.82, 2.24) is 4.90 Å². The van der Waals surface area contributed by atoms with Gasteiger partial charge in [-0.2, -0.15) is 0 Å². The molecule has 2 fully saturated rings. The lowest BCUT2D eigenvalue weighted by molar-refractivity contribution is 0.118. The number of carboxylic acid groups (broad SMARTS) is 1. The Kier molecular flexibility index (Phi) is 2.99. The minimum Gasteiger partial charge on any atom is -0.465 e. The third-order valence-corrected chi connectivity index (χ3v) is 3.66. The Labute approximate surface area is 97.2 Å². The third-order valence-electron chi connectivity index (χ3n) is 3.66. The summed E-state index contributed by atoms with van der Waals surface area (Å²) in [6.45, 7) is 7.46. The first-order chi connectivity index (χ1) is 6.31. The van der Waals surface area contributed by atoms with Crippen LogP contribution in [0.5, 0.6) is 0 Å². The molecule has 0 spiro atoms. The number of rotatable bonds is 0. The van der Waals surface area contributed by atoms with Crippen LogP contribution in [0.25, 0.3) is 0 Å². The van der Waals surface area contributed by atoms with Crippen molar-refractivity contribution < 1.29 is 9.90 Å². The molecule has 1 amide bonds. The molecule has 3 nitrogen and oxygen atoms in total. The van der Waals surface area contributed by atoms with Gasteiger partial charge < -0.3 is 10.0 Å². The molecule has 0 aromatic heterocycles. The van der Waals surface area contributed by atoms with Crippen molar-refractivity contribution in [1.29, 1.82) is 0 Å². The molecule has 0 aromatic carbocycles. The lowest BCUT2D eigenvalue weighted by Gasteiger charge is -2.39. The zero-order chi connectivity index (χ0) is 10.6. The number of fused-ring (bicyclic) bond motifs is 2. The fourth-order valence-corrected chi connectivity index (χ4v) is 3.68. The molecular formula is C11H20ClNO2. The maximum Gasteiger partial charge on any atom is 0.407 e. The van der Waals surface area contributed by atoms with E-state index in [1.54, 1.807) is 4.90 Å². The van der Waals surface area contributed by atoms with Crippen LogP contribution in [-0.2, 0) is 0 Å². The van der Waals surface area contributed by atoms with E-state index in [1.165, 1.54) is 0 Å². The molecule has 1 heterocycles. The SMILES string of the molecule is CC1(C)CC2CC(C)(CN2C(=O)O)C1.Cl. The van der Waals surface area contributed by atoms with Crippen molar-refractivity contribution in [2.24, 2.45) is 10.8 Å². The molecule has 1 saturated heterocycles. The highest BCUT2D eigenvalue weighted by atomic mass is 35.5. The van der Waals surface area contributed by atoms with Gasteiger partial charge in [-0.3, -0.25) is 0 Å². The fourth-order valence-electron chi connectivity index (χ4n) is 3.68. The minimum absolute atomic E-state index is 0. The second-order valence-corrected chi connectivity index (χ2v) is 6.12. The Balaban J connectivity index is 0.00000112. The standard InChI is InChI=1S/C11H19NO2.ClH/c1-10(2)4-8-5-11(3,6-10)7-12(8)9(13)14;/h8H,4-7H2,1-3H3,(H,13,14);1H. The van der Waals surface area contributed by atoms with Gasteiger partial charge in [-0.1, -0.05) is 20.8 Å². The van der Waals surface area contributed by atoms with Crippen molar-refractivity contribution in [2.75, 3.05) is 6.54 Å². The van der Waals surface area contributed by atoms with Gasteiger partial charge in [-0.15, -0.1) is 12.4 Å². The summed E-state index contributed by atoms with van der Waals surface area (Å²) in [5.41, 5.74) is 0.534. The highest BCUT2D eigenvalue weighted by Gasteiger charge is 2.51. The van der Waals surface area contributed by atoms with E-state index >= 15 is 0 Å². The van der Waals surface area contributed by atoms with E-state index in [1.807, 2.05) is 0 Å². The van der Waals surface area contributed by atoms with Gasteiger partial charge in [-0.25, -0.2) is 4.79 Å². The van der Waals surface area contributed by atoms with Crippen LogP contribution in [-0.4, -0.2) is 28.7 Å². The molecule has 2 atom stereocenters. The summed E-state index contributed by atoms with van der Waals surface area (Å²) in [7, 11) is 0. The first kappa shape index (κ1) is 12.6. The van der Waals surface area contributed by atoms with E-state index in [4.69, 9.17) is 5.11 Å². The molecule has 2 rings (SSSR count). The van der Waals surface area contributed by atoms with Crippen LogP contribution >= 0.6 is 12.4 Å². The average Bonchev–Trinajstić information content (AvgIpc) is 2.19. The summed E-state index contributed by atoms with van der Waals surface area (Å²) >= 11 is 0. The Bertz CT molecular complexity index is 280. The molecule has 4 heteroatoms. The lowest BCUT2D eigenvalue weighted by Crippen LogP contribution is -2.36. The smallest absolute Gasteiger partial charge is 0.407 e. The number of amides is 1. The summed E-state index contributed by atoms with van der Waals surface area (Å²) in [5.74, 6) is 0. The van der Waals surface area contributed by atoms with Gasteiger partial charge in [0.25, 0.3) is 0 Å². The van der Waals surface area contributed by atoms with Crippen molar-refractivity contribution in [3.63, 3.8) is 0 Å². The molecule has 1 saturated carbocycles. The van der Waals surface area contributed by atoms with Crippen LogP contribution in [0.2, 0.25) is 0 Å². The zero-order valence-electron chi connectivity index (χ0n) is 9.62. The average molecular weight is 234 g/mol. The second-order valence-electron chi connectivity index (χ2n) is 6.12. The van der Waals surface area contributed by atoms with Crippen molar-refractivity contribution in [3.8, 4) is 0 Å². The van der Waals surface area contributed by atoms with E-state index in [0.717, 1.165) is 25.8 Å². The molecule has 0 aromatic rings.